The van der Waals surface area contributed by atoms with E-state index in [0.717, 1.165) is 10.4 Å². The lowest BCUT2D eigenvalue weighted by molar-refractivity contribution is 0.433. The van der Waals surface area contributed by atoms with Gasteiger partial charge in [-0.2, -0.15) is 4.98 Å². The molecule has 0 fully saturated rings. The molecule has 0 aliphatic heterocycles. The van der Waals surface area contributed by atoms with E-state index in [4.69, 9.17) is 33.5 Å². The van der Waals surface area contributed by atoms with Crippen molar-refractivity contribution < 1.29 is 4.52 Å². The zero-order valence-electron chi connectivity index (χ0n) is 10.4. The Morgan fingerprint density at radius 1 is 1.20 bits per heavy atom. The van der Waals surface area contributed by atoms with Gasteiger partial charge in [0.1, 0.15) is 4.88 Å². The first-order chi connectivity index (χ1) is 9.54. The van der Waals surface area contributed by atoms with Crippen LogP contribution in [0, 0.1) is 6.92 Å². The van der Waals surface area contributed by atoms with E-state index in [0.29, 0.717) is 33.0 Å². The van der Waals surface area contributed by atoms with E-state index in [-0.39, 0.29) is 0 Å². The molecule has 1 aromatic carbocycles. The van der Waals surface area contributed by atoms with Crippen LogP contribution in [0.5, 0.6) is 0 Å². The summed E-state index contributed by atoms with van der Waals surface area (Å²) in [6.07, 6.45) is 0. The zero-order chi connectivity index (χ0) is 14.3. The van der Waals surface area contributed by atoms with Gasteiger partial charge in [0, 0.05) is 15.6 Å². The molecule has 3 rings (SSSR count). The van der Waals surface area contributed by atoms with Crippen LogP contribution >= 0.6 is 34.5 Å². The molecule has 0 saturated carbocycles. The molecule has 102 valence electrons. The number of hydrogen-bond donors (Lipinski definition) is 1. The van der Waals surface area contributed by atoms with Crippen LogP contribution in [0.3, 0.4) is 0 Å². The van der Waals surface area contributed by atoms with Gasteiger partial charge in [-0.05, 0) is 36.1 Å². The van der Waals surface area contributed by atoms with E-state index in [9.17, 15) is 0 Å². The Labute approximate surface area is 129 Å². The molecular weight excluding hydrogens is 317 g/mol. The average Bonchev–Trinajstić information content (AvgIpc) is 2.97. The van der Waals surface area contributed by atoms with Crippen molar-refractivity contribution in [2.45, 2.75) is 6.92 Å². The van der Waals surface area contributed by atoms with Gasteiger partial charge in [-0.25, -0.2) is 0 Å². The maximum Gasteiger partial charge on any atom is 0.270 e. The molecule has 0 unspecified atom stereocenters. The third-order valence-electron chi connectivity index (χ3n) is 2.76. The fourth-order valence-corrected chi connectivity index (χ4v) is 3.15. The molecule has 2 N–H and O–H groups in total. The van der Waals surface area contributed by atoms with Crippen molar-refractivity contribution in [3.8, 4) is 22.2 Å². The minimum atomic E-state index is 0.395. The van der Waals surface area contributed by atoms with Gasteiger partial charge in [-0.3, -0.25) is 0 Å². The minimum absolute atomic E-state index is 0.395. The Morgan fingerprint density at radius 2 is 1.90 bits per heavy atom. The summed E-state index contributed by atoms with van der Waals surface area (Å²) in [5.41, 5.74) is 8.33. The van der Waals surface area contributed by atoms with Gasteiger partial charge in [0.05, 0.1) is 5.69 Å². The molecule has 2 aromatic heterocycles. The first-order valence-corrected chi connectivity index (χ1v) is 7.32. The Hall–Kier alpha value is -1.56. The van der Waals surface area contributed by atoms with Crippen molar-refractivity contribution in [2.75, 3.05) is 5.73 Å². The van der Waals surface area contributed by atoms with Crippen LogP contribution < -0.4 is 5.73 Å². The number of anilines is 1. The van der Waals surface area contributed by atoms with Crippen LogP contribution in [-0.2, 0) is 0 Å². The highest BCUT2D eigenvalue weighted by Gasteiger charge is 2.16. The molecule has 0 aliphatic carbocycles. The summed E-state index contributed by atoms with van der Waals surface area (Å²) in [6, 6.07) is 5.10. The van der Waals surface area contributed by atoms with Gasteiger partial charge in [0.15, 0.2) is 0 Å². The fourth-order valence-electron chi connectivity index (χ4n) is 1.73. The summed E-state index contributed by atoms with van der Waals surface area (Å²) < 4.78 is 5.26. The second-order valence-electron chi connectivity index (χ2n) is 4.24. The number of halogens is 2. The Morgan fingerprint density at radius 3 is 2.50 bits per heavy atom. The van der Waals surface area contributed by atoms with Crippen molar-refractivity contribution in [3.63, 3.8) is 0 Å². The zero-order valence-corrected chi connectivity index (χ0v) is 12.7. The van der Waals surface area contributed by atoms with E-state index in [1.807, 2.05) is 12.3 Å². The summed E-state index contributed by atoms with van der Waals surface area (Å²) in [6.45, 7) is 1.93. The van der Waals surface area contributed by atoms with Gasteiger partial charge in [-0.1, -0.05) is 28.4 Å². The lowest BCUT2D eigenvalue weighted by Crippen LogP contribution is -1.87. The maximum atomic E-state index is 5.97. The number of hydrogen-bond acceptors (Lipinski definition) is 5. The number of aromatic nitrogens is 2. The first kappa shape index (κ1) is 13.4. The van der Waals surface area contributed by atoms with Crippen LogP contribution in [0.4, 0.5) is 5.69 Å². The highest BCUT2D eigenvalue weighted by atomic mass is 35.5. The van der Waals surface area contributed by atoms with Crippen molar-refractivity contribution in [1.82, 2.24) is 10.1 Å². The van der Waals surface area contributed by atoms with Gasteiger partial charge in [0.2, 0.25) is 5.82 Å². The molecule has 0 amide bonds. The average molecular weight is 326 g/mol. The molecule has 20 heavy (non-hydrogen) atoms. The molecule has 3 aromatic rings. The molecular formula is C13H9Cl2N3OS. The monoisotopic (exact) mass is 325 g/mol. The molecule has 2 heterocycles. The predicted molar refractivity (Wildman–Crippen MR) is 82.2 cm³/mol. The minimum Gasteiger partial charge on any atom is -0.397 e. The lowest BCUT2D eigenvalue weighted by atomic mass is 10.2. The highest BCUT2D eigenvalue weighted by Crippen LogP contribution is 2.35. The molecule has 7 heteroatoms. The SMILES string of the molecule is Cc1csc(-c2nc(-c3cc(Cl)cc(Cl)c3)no2)c1N. The number of benzene rings is 1. The largest absolute Gasteiger partial charge is 0.397 e. The lowest BCUT2D eigenvalue weighted by Gasteiger charge is -1.97. The molecule has 0 atom stereocenters. The normalized spacial score (nSPS) is 10.9. The number of rotatable bonds is 2. The summed E-state index contributed by atoms with van der Waals surface area (Å²) in [4.78, 5) is 5.12. The molecule has 0 spiro atoms. The van der Waals surface area contributed by atoms with Gasteiger partial charge in [-0.15, -0.1) is 11.3 Å². The van der Waals surface area contributed by atoms with Crippen molar-refractivity contribution in [2.24, 2.45) is 0 Å². The Kier molecular flexibility index (Phi) is 3.41. The summed E-state index contributed by atoms with van der Waals surface area (Å²) >= 11 is 13.4. The summed E-state index contributed by atoms with van der Waals surface area (Å²) in [5.74, 6) is 0.821. The second kappa shape index (κ2) is 5.09. The van der Waals surface area contributed by atoms with Crippen molar-refractivity contribution in [1.29, 1.82) is 0 Å². The van der Waals surface area contributed by atoms with Crippen molar-refractivity contribution >= 4 is 40.2 Å². The third-order valence-corrected chi connectivity index (χ3v) is 4.30. The van der Waals surface area contributed by atoms with E-state index in [1.54, 1.807) is 18.2 Å². The number of nitrogens with two attached hydrogens (primary N) is 1. The fraction of sp³-hybridized carbons (Fsp3) is 0.0769. The quantitative estimate of drug-likeness (QED) is 0.744. The summed E-state index contributed by atoms with van der Waals surface area (Å²) in [7, 11) is 0. The van der Waals surface area contributed by atoms with E-state index in [2.05, 4.69) is 10.1 Å². The van der Waals surface area contributed by atoms with Crippen LogP contribution in [0.2, 0.25) is 10.0 Å². The van der Waals surface area contributed by atoms with E-state index in [1.165, 1.54) is 11.3 Å². The molecule has 0 radical (unpaired) electrons. The Balaban J connectivity index is 2.04. The molecule has 4 nitrogen and oxygen atoms in total. The van der Waals surface area contributed by atoms with E-state index >= 15 is 0 Å². The number of aryl methyl sites for hydroxylation is 1. The van der Waals surface area contributed by atoms with Crippen LogP contribution in [-0.4, -0.2) is 10.1 Å². The van der Waals surface area contributed by atoms with Crippen LogP contribution in [0.15, 0.2) is 28.1 Å². The van der Waals surface area contributed by atoms with Crippen LogP contribution in [0.1, 0.15) is 5.56 Å². The third kappa shape index (κ3) is 2.40. The first-order valence-electron chi connectivity index (χ1n) is 5.68. The maximum absolute atomic E-state index is 5.97. The predicted octanol–water partition coefficient (Wildman–Crippen LogP) is 4.66. The van der Waals surface area contributed by atoms with Gasteiger partial charge in [0.25, 0.3) is 5.89 Å². The molecule has 0 aliphatic rings. The number of nitrogen functional groups attached to an aromatic ring is 1. The number of nitrogens with zero attached hydrogens (tertiary/aromatic N) is 2. The molecule has 0 bridgehead atoms. The molecule has 0 saturated heterocycles. The highest BCUT2D eigenvalue weighted by molar-refractivity contribution is 7.14. The van der Waals surface area contributed by atoms with E-state index < -0.39 is 0 Å². The van der Waals surface area contributed by atoms with Crippen LogP contribution in [0.25, 0.3) is 22.2 Å². The number of thiophene rings is 1. The smallest absolute Gasteiger partial charge is 0.270 e. The van der Waals surface area contributed by atoms with Gasteiger partial charge < -0.3 is 10.3 Å². The topological polar surface area (TPSA) is 64.9 Å². The van der Waals surface area contributed by atoms with Gasteiger partial charge >= 0.3 is 0 Å². The summed E-state index contributed by atoms with van der Waals surface area (Å²) in [5, 5.41) is 6.93. The Bertz CT molecular complexity index is 762. The second-order valence-corrected chi connectivity index (χ2v) is 6.00. The van der Waals surface area contributed by atoms with Crippen molar-refractivity contribution in [3.05, 3.63) is 39.2 Å². The standard InChI is InChI=1S/C13H9Cl2N3OS/c1-6-5-20-11(10(6)16)13-17-12(18-19-13)7-2-8(14)4-9(15)3-7/h2-5H,16H2,1H3.